The molecule has 1 N–H and O–H groups in total. The maximum Gasteiger partial charge on any atom is 0.254 e. The number of anilines is 1. The molecule has 20 heavy (non-hydrogen) atoms. The Balaban J connectivity index is 2.07. The van der Waals surface area contributed by atoms with E-state index < -0.39 is 6.04 Å². The second kappa shape index (κ2) is 5.28. The number of carbonyl (C=O) groups excluding carboxylic acids is 3. The van der Waals surface area contributed by atoms with E-state index in [1.165, 1.54) is 18.1 Å². The molecule has 0 radical (unpaired) electrons. The van der Waals surface area contributed by atoms with Crippen molar-refractivity contribution in [2.75, 3.05) is 26.5 Å². The van der Waals surface area contributed by atoms with E-state index in [1.807, 2.05) is 0 Å². The van der Waals surface area contributed by atoms with E-state index >= 15 is 0 Å². The highest BCUT2D eigenvalue weighted by Crippen LogP contribution is 2.16. The van der Waals surface area contributed by atoms with Crippen molar-refractivity contribution in [3.63, 3.8) is 0 Å². The van der Waals surface area contributed by atoms with Crippen LogP contribution >= 0.6 is 0 Å². The van der Waals surface area contributed by atoms with E-state index in [1.54, 1.807) is 26.2 Å². The van der Waals surface area contributed by atoms with Gasteiger partial charge in [-0.05, 0) is 12.1 Å². The maximum atomic E-state index is 11.7. The van der Waals surface area contributed by atoms with Crippen molar-refractivity contribution in [3.05, 3.63) is 23.9 Å². The molecule has 7 nitrogen and oxygen atoms in total. The molecule has 0 bridgehead atoms. The van der Waals surface area contributed by atoms with Crippen LogP contribution in [-0.4, -0.2) is 59.7 Å². The van der Waals surface area contributed by atoms with E-state index in [2.05, 4.69) is 10.3 Å². The van der Waals surface area contributed by atoms with Crippen molar-refractivity contribution in [3.8, 4) is 0 Å². The van der Waals surface area contributed by atoms with Crippen molar-refractivity contribution in [2.45, 2.75) is 12.5 Å². The van der Waals surface area contributed by atoms with Crippen LogP contribution in [0.25, 0.3) is 0 Å². The Morgan fingerprint density at radius 2 is 2.10 bits per heavy atom. The molecule has 0 aliphatic carbocycles. The minimum Gasteiger partial charge on any atom is -0.358 e. The van der Waals surface area contributed by atoms with Gasteiger partial charge in [0.1, 0.15) is 11.9 Å². The van der Waals surface area contributed by atoms with Crippen LogP contribution in [0.3, 0.4) is 0 Å². The lowest BCUT2D eigenvalue weighted by Crippen LogP contribution is -2.32. The molecule has 1 aromatic rings. The Morgan fingerprint density at radius 1 is 1.40 bits per heavy atom. The summed E-state index contributed by atoms with van der Waals surface area (Å²) >= 11 is 0. The number of aromatic nitrogens is 1. The zero-order chi connectivity index (χ0) is 14.9. The van der Waals surface area contributed by atoms with Gasteiger partial charge in [0.05, 0.1) is 12.0 Å². The molecule has 1 aliphatic rings. The van der Waals surface area contributed by atoms with E-state index in [0.717, 1.165) is 4.90 Å². The summed E-state index contributed by atoms with van der Waals surface area (Å²) in [6, 6.07) is 2.66. The van der Waals surface area contributed by atoms with Gasteiger partial charge in [0.15, 0.2) is 0 Å². The largest absolute Gasteiger partial charge is 0.358 e. The number of carbonyl (C=O) groups is 3. The molecular formula is C13H16N4O3. The molecule has 1 aliphatic heterocycles. The van der Waals surface area contributed by atoms with Gasteiger partial charge in [0.2, 0.25) is 5.91 Å². The molecule has 0 spiro atoms. The first-order valence-corrected chi connectivity index (χ1v) is 6.15. The topological polar surface area (TPSA) is 82.6 Å². The minimum absolute atomic E-state index is 0.120. The molecule has 7 heteroatoms. The zero-order valence-electron chi connectivity index (χ0n) is 11.6. The molecule has 1 fully saturated rings. The lowest BCUT2D eigenvalue weighted by atomic mass is 10.2. The second-order valence-corrected chi connectivity index (χ2v) is 4.82. The van der Waals surface area contributed by atoms with Crippen LogP contribution in [0.15, 0.2) is 18.3 Å². The van der Waals surface area contributed by atoms with Gasteiger partial charge in [0, 0.05) is 27.3 Å². The van der Waals surface area contributed by atoms with Gasteiger partial charge in [-0.25, -0.2) is 4.98 Å². The zero-order valence-corrected chi connectivity index (χ0v) is 11.6. The summed E-state index contributed by atoms with van der Waals surface area (Å²) in [6.45, 7) is 0. The van der Waals surface area contributed by atoms with Crippen LogP contribution in [0.2, 0.25) is 0 Å². The molecule has 1 atom stereocenters. The Bertz CT molecular complexity index is 553. The summed E-state index contributed by atoms with van der Waals surface area (Å²) in [7, 11) is 4.78. The van der Waals surface area contributed by atoms with E-state index in [4.69, 9.17) is 0 Å². The summed E-state index contributed by atoms with van der Waals surface area (Å²) in [4.78, 5) is 41.5. The molecule has 106 valence electrons. The van der Waals surface area contributed by atoms with E-state index in [9.17, 15) is 14.4 Å². The Hall–Kier alpha value is -2.44. The van der Waals surface area contributed by atoms with E-state index in [-0.39, 0.29) is 24.1 Å². The van der Waals surface area contributed by atoms with Gasteiger partial charge in [-0.3, -0.25) is 19.3 Å². The SMILES string of the molecule is CN(C)C(=O)c1ccc(NC2CC(=O)N(C)C2=O)nc1. The van der Waals surface area contributed by atoms with Crippen LogP contribution in [0.5, 0.6) is 0 Å². The fraction of sp³-hybridized carbons (Fsp3) is 0.385. The number of hydrogen-bond donors (Lipinski definition) is 1. The van der Waals surface area contributed by atoms with Gasteiger partial charge in [-0.1, -0.05) is 0 Å². The average Bonchev–Trinajstić information content (AvgIpc) is 2.66. The number of pyridine rings is 1. The lowest BCUT2D eigenvalue weighted by Gasteiger charge is -2.13. The summed E-state index contributed by atoms with van der Waals surface area (Å²) in [6.07, 6.45) is 1.56. The quantitative estimate of drug-likeness (QED) is 0.783. The third kappa shape index (κ3) is 2.61. The smallest absolute Gasteiger partial charge is 0.254 e. The maximum absolute atomic E-state index is 11.7. The molecule has 0 saturated carbocycles. The number of hydrogen-bond acceptors (Lipinski definition) is 5. The molecule has 3 amide bonds. The number of nitrogens with one attached hydrogen (secondary N) is 1. The van der Waals surface area contributed by atoms with E-state index in [0.29, 0.717) is 11.4 Å². The fourth-order valence-corrected chi connectivity index (χ4v) is 1.91. The van der Waals surface area contributed by atoms with Crippen LogP contribution in [0.4, 0.5) is 5.82 Å². The predicted molar refractivity (Wildman–Crippen MR) is 72.1 cm³/mol. The number of amides is 3. The summed E-state index contributed by atoms with van der Waals surface area (Å²) in [5, 5.41) is 2.90. The highest BCUT2D eigenvalue weighted by molar-refractivity contribution is 6.06. The monoisotopic (exact) mass is 276 g/mol. The Kier molecular flexibility index (Phi) is 3.69. The first-order valence-electron chi connectivity index (χ1n) is 6.15. The molecule has 0 aromatic carbocycles. The van der Waals surface area contributed by atoms with Crippen LogP contribution in [-0.2, 0) is 9.59 Å². The Morgan fingerprint density at radius 3 is 2.55 bits per heavy atom. The number of likely N-dealkylation sites (N-methyl/N-ethyl adjacent to an activating group) is 1. The molecule has 2 rings (SSSR count). The van der Waals surface area contributed by atoms with Crippen LogP contribution in [0, 0.1) is 0 Å². The molecule has 1 saturated heterocycles. The van der Waals surface area contributed by atoms with Crippen LogP contribution in [0.1, 0.15) is 16.8 Å². The Labute approximate surface area is 116 Å². The number of nitrogens with zero attached hydrogens (tertiary/aromatic N) is 3. The first-order chi connectivity index (χ1) is 9.40. The fourth-order valence-electron chi connectivity index (χ4n) is 1.91. The minimum atomic E-state index is -0.588. The van der Waals surface area contributed by atoms with Gasteiger partial charge >= 0.3 is 0 Å². The standard InChI is InChI=1S/C13H16N4O3/c1-16(2)12(19)8-4-5-10(14-7-8)15-9-6-11(18)17(3)13(9)20/h4-5,7,9H,6H2,1-3H3,(H,14,15). The van der Waals surface area contributed by atoms with Gasteiger partial charge in [-0.15, -0.1) is 0 Å². The van der Waals surface area contributed by atoms with Crippen molar-refractivity contribution >= 4 is 23.5 Å². The van der Waals surface area contributed by atoms with Crippen molar-refractivity contribution < 1.29 is 14.4 Å². The van der Waals surface area contributed by atoms with Gasteiger partial charge in [-0.2, -0.15) is 0 Å². The average molecular weight is 276 g/mol. The highest BCUT2D eigenvalue weighted by atomic mass is 16.2. The van der Waals surface area contributed by atoms with Crippen molar-refractivity contribution in [1.29, 1.82) is 0 Å². The van der Waals surface area contributed by atoms with Crippen LogP contribution < -0.4 is 5.32 Å². The molecule has 2 heterocycles. The summed E-state index contributed by atoms with van der Waals surface area (Å²) < 4.78 is 0. The number of likely N-dealkylation sites (tertiary alicyclic amines) is 1. The summed E-state index contributed by atoms with van der Waals surface area (Å²) in [5.74, 6) is -0.171. The third-order valence-electron chi connectivity index (χ3n) is 3.12. The van der Waals surface area contributed by atoms with Crippen molar-refractivity contribution in [1.82, 2.24) is 14.8 Å². The second-order valence-electron chi connectivity index (χ2n) is 4.82. The summed E-state index contributed by atoms with van der Waals surface area (Å²) in [5.41, 5.74) is 0.464. The molecule has 1 aromatic heterocycles. The van der Waals surface area contributed by atoms with Crippen molar-refractivity contribution in [2.24, 2.45) is 0 Å². The first kappa shape index (κ1) is 14.0. The number of imide groups is 1. The van der Waals surface area contributed by atoms with Gasteiger partial charge < -0.3 is 10.2 Å². The highest BCUT2D eigenvalue weighted by Gasteiger charge is 2.36. The number of rotatable bonds is 3. The molecular weight excluding hydrogens is 260 g/mol. The predicted octanol–water partition coefficient (Wildman–Crippen LogP) is -0.0474. The molecule has 1 unspecified atom stereocenters. The lowest BCUT2D eigenvalue weighted by molar-refractivity contribution is -0.136. The van der Waals surface area contributed by atoms with Gasteiger partial charge in [0.25, 0.3) is 11.8 Å². The normalized spacial score (nSPS) is 18.4. The third-order valence-corrected chi connectivity index (χ3v) is 3.12.